The van der Waals surface area contributed by atoms with E-state index >= 15 is 0 Å². The zero-order chi connectivity index (χ0) is 14.6. The van der Waals surface area contributed by atoms with Crippen LogP contribution in [-0.4, -0.2) is 24.5 Å². The highest BCUT2D eigenvalue weighted by molar-refractivity contribution is 14.0. The number of oxazole rings is 1. The van der Waals surface area contributed by atoms with Gasteiger partial charge in [0.2, 0.25) is 5.89 Å². The van der Waals surface area contributed by atoms with Gasteiger partial charge in [0.15, 0.2) is 5.96 Å². The van der Waals surface area contributed by atoms with Gasteiger partial charge < -0.3 is 15.1 Å². The average molecular weight is 406 g/mol. The first-order chi connectivity index (χ1) is 9.52. The maximum atomic E-state index is 5.55. The minimum atomic E-state index is 0. The number of nitrogens with zero attached hydrogens (tertiary/aromatic N) is 2. The van der Waals surface area contributed by atoms with Crippen LogP contribution in [0.5, 0.6) is 0 Å². The fourth-order valence-electron chi connectivity index (χ4n) is 2.70. The Kier molecular flexibility index (Phi) is 6.96. The second-order valence-electron chi connectivity index (χ2n) is 6.05. The summed E-state index contributed by atoms with van der Waals surface area (Å²) in [7, 11) is 1.79. The van der Waals surface area contributed by atoms with E-state index in [9.17, 15) is 0 Å². The number of hydrogen-bond acceptors (Lipinski definition) is 3. The molecule has 1 aliphatic rings. The third-order valence-corrected chi connectivity index (χ3v) is 4.20. The van der Waals surface area contributed by atoms with E-state index in [1.807, 2.05) is 13.8 Å². The lowest BCUT2D eigenvalue weighted by Crippen LogP contribution is -2.41. The summed E-state index contributed by atoms with van der Waals surface area (Å²) in [5, 5.41) is 6.66. The van der Waals surface area contributed by atoms with Crippen molar-refractivity contribution in [1.82, 2.24) is 15.6 Å². The molecule has 6 heteroatoms. The van der Waals surface area contributed by atoms with Gasteiger partial charge in [-0.05, 0) is 32.1 Å². The predicted octanol–water partition coefficient (Wildman–Crippen LogP) is 3.15. The molecule has 1 aliphatic carbocycles. The molecule has 1 saturated carbocycles. The van der Waals surface area contributed by atoms with Gasteiger partial charge in [-0.3, -0.25) is 4.99 Å². The Morgan fingerprint density at radius 3 is 2.48 bits per heavy atom. The van der Waals surface area contributed by atoms with Gasteiger partial charge in [0.05, 0.1) is 12.2 Å². The van der Waals surface area contributed by atoms with E-state index in [0.29, 0.717) is 17.9 Å². The minimum absolute atomic E-state index is 0. The summed E-state index contributed by atoms with van der Waals surface area (Å²) < 4.78 is 5.55. The molecule has 0 aliphatic heterocycles. The fourth-order valence-corrected chi connectivity index (χ4v) is 2.70. The van der Waals surface area contributed by atoms with Gasteiger partial charge in [0.1, 0.15) is 5.76 Å². The van der Waals surface area contributed by atoms with Crippen molar-refractivity contribution in [3.05, 3.63) is 17.3 Å². The van der Waals surface area contributed by atoms with Crippen LogP contribution in [0.25, 0.3) is 0 Å². The Morgan fingerprint density at radius 1 is 1.29 bits per heavy atom. The summed E-state index contributed by atoms with van der Waals surface area (Å²) in [5.41, 5.74) is 1.36. The number of aryl methyl sites for hydroxylation is 2. The number of hydrogen-bond donors (Lipinski definition) is 2. The zero-order valence-electron chi connectivity index (χ0n) is 13.5. The predicted molar refractivity (Wildman–Crippen MR) is 96.2 cm³/mol. The van der Waals surface area contributed by atoms with E-state index in [0.717, 1.165) is 24.0 Å². The van der Waals surface area contributed by atoms with Gasteiger partial charge >= 0.3 is 0 Å². The number of halogens is 1. The normalized spacial score (nSPS) is 17.4. The summed E-state index contributed by atoms with van der Waals surface area (Å²) in [6.45, 7) is 7.76. The zero-order valence-corrected chi connectivity index (χ0v) is 15.8. The molecular weight excluding hydrogens is 379 g/mol. The van der Waals surface area contributed by atoms with Crippen LogP contribution in [0.1, 0.15) is 50.0 Å². The first-order valence-electron chi connectivity index (χ1n) is 7.40. The van der Waals surface area contributed by atoms with Crippen LogP contribution in [0.4, 0.5) is 0 Å². The molecule has 0 amide bonds. The standard InChI is InChI=1S/C15H26N4O.HI/c1-11-12(2)20-13(19-11)9-17-14(16-4)18-10-15(3)7-5-6-8-15;/h5-10H2,1-4H3,(H2,16,17,18);1H. The highest BCUT2D eigenvalue weighted by atomic mass is 127. The molecule has 0 unspecified atom stereocenters. The molecule has 0 saturated heterocycles. The monoisotopic (exact) mass is 406 g/mol. The number of guanidine groups is 1. The quantitative estimate of drug-likeness (QED) is 0.458. The second kappa shape index (κ2) is 8.00. The molecule has 2 rings (SSSR count). The Hall–Kier alpha value is -0.790. The molecule has 0 spiro atoms. The van der Waals surface area contributed by atoms with Crippen molar-refractivity contribution >= 4 is 29.9 Å². The second-order valence-corrected chi connectivity index (χ2v) is 6.05. The van der Waals surface area contributed by atoms with Crippen molar-refractivity contribution in [1.29, 1.82) is 0 Å². The van der Waals surface area contributed by atoms with Crippen molar-refractivity contribution in [2.75, 3.05) is 13.6 Å². The third-order valence-electron chi connectivity index (χ3n) is 4.20. The lowest BCUT2D eigenvalue weighted by molar-refractivity contribution is 0.333. The van der Waals surface area contributed by atoms with E-state index in [2.05, 4.69) is 27.5 Å². The van der Waals surface area contributed by atoms with Crippen LogP contribution in [0.2, 0.25) is 0 Å². The lowest BCUT2D eigenvalue weighted by Gasteiger charge is -2.24. The third kappa shape index (κ3) is 5.16. The van der Waals surface area contributed by atoms with E-state index in [1.54, 1.807) is 7.05 Å². The van der Waals surface area contributed by atoms with Crippen molar-refractivity contribution in [3.63, 3.8) is 0 Å². The summed E-state index contributed by atoms with van der Waals surface area (Å²) in [5.74, 6) is 2.39. The Labute approximate surface area is 144 Å². The number of aliphatic imine (C=N–C) groups is 1. The van der Waals surface area contributed by atoms with E-state index < -0.39 is 0 Å². The SMILES string of the molecule is CN=C(NCc1nc(C)c(C)o1)NCC1(C)CCCC1.I. The summed E-state index contributed by atoms with van der Waals surface area (Å²) in [4.78, 5) is 8.61. The summed E-state index contributed by atoms with van der Waals surface area (Å²) in [6.07, 6.45) is 5.29. The topological polar surface area (TPSA) is 62.5 Å². The van der Waals surface area contributed by atoms with Crippen LogP contribution >= 0.6 is 24.0 Å². The van der Waals surface area contributed by atoms with Gasteiger partial charge in [-0.2, -0.15) is 0 Å². The van der Waals surface area contributed by atoms with Crippen LogP contribution in [-0.2, 0) is 6.54 Å². The maximum Gasteiger partial charge on any atom is 0.214 e. The highest BCUT2D eigenvalue weighted by Gasteiger charge is 2.28. The van der Waals surface area contributed by atoms with Crippen LogP contribution in [0.15, 0.2) is 9.41 Å². The fraction of sp³-hybridized carbons (Fsp3) is 0.733. The van der Waals surface area contributed by atoms with Crippen LogP contribution < -0.4 is 10.6 Å². The maximum absolute atomic E-state index is 5.55. The molecule has 0 radical (unpaired) electrons. The van der Waals surface area contributed by atoms with Crippen LogP contribution in [0.3, 0.4) is 0 Å². The highest BCUT2D eigenvalue weighted by Crippen LogP contribution is 2.36. The Bertz CT molecular complexity index is 459. The number of nitrogens with one attached hydrogen (secondary N) is 2. The van der Waals surface area contributed by atoms with Gasteiger partial charge in [-0.15, -0.1) is 24.0 Å². The molecule has 2 N–H and O–H groups in total. The first-order valence-corrected chi connectivity index (χ1v) is 7.40. The lowest BCUT2D eigenvalue weighted by atomic mass is 9.89. The van der Waals surface area contributed by atoms with Gasteiger partial charge in [-0.1, -0.05) is 19.8 Å². The molecule has 1 heterocycles. The smallest absolute Gasteiger partial charge is 0.214 e. The van der Waals surface area contributed by atoms with Gasteiger partial charge in [-0.25, -0.2) is 4.98 Å². The van der Waals surface area contributed by atoms with Crippen molar-refractivity contribution in [2.24, 2.45) is 10.4 Å². The van der Waals surface area contributed by atoms with Gasteiger partial charge in [0.25, 0.3) is 0 Å². The molecule has 0 aromatic carbocycles. The van der Waals surface area contributed by atoms with Crippen molar-refractivity contribution < 1.29 is 4.42 Å². The van der Waals surface area contributed by atoms with Crippen LogP contribution in [0, 0.1) is 19.3 Å². The van der Waals surface area contributed by atoms with Crippen molar-refractivity contribution in [3.8, 4) is 0 Å². The molecule has 120 valence electrons. The summed E-state index contributed by atoms with van der Waals surface area (Å²) >= 11 is 0. The van der Waals surface area contributed by atoms with E-state index in [-0.39, 0.29) is 24.0 Å². The Morgan fingerprint density at radius 2 is 1.95 bits per heavy atom. The van der Waals surface area contributed by atoms with Crippen molar-refractivity contribution in [2.45, 2.75) is 53.0 Å². The summed E-state index contributed by atoms with van der Waals surface area (Å²) in [6, 6.07) is 0. The molecule has 1 aromatic rings. The molecule has 5 nitrogen and oxygen atoms in total. The molecule has 0 atom stereocenters. The van der Waals surface area contributed by atoms with E-state index in [4.69, 9.17) is 4.42 Å². The molecule has 1 aromatic heterocycles. The number of rotatable bonds is 4. The largest absolute Gasteiger partial charge is 0.444 e. The Balaban J connectivity index is 0.00000220. The average Bonchev–Trinajstić information content (AvgIpc) is 2.98. The first kappa shape index (κ1) is 18.3. The van der Waals surface area contributed by atoms with Gasteiger partial charge in [0, 0.05) is 13.6 Å². The number of aromatic nitrogens is 1. The molecular formula is C15H27IN4O. The minimum Gasteiger partial charge on any atom is -0.444 e. The molecule has 21 heavy (non-hydrogen) atoms. The molecule has 0 bridgehead atoms. The molecule has 1 fully saturated rings. The van der Waals surface area contributed by atoms with E-state index in [1.165, 1.54) is 25.7 Å².